The fourth-order valence-corrected chi connectivity index (χ4v) is 4.64. The highest BCUT2D eigenvalue weighted by atomic mass is 127. The minimum absolute atomic E-state index is 0.112. The Balaban J connectivity index is 1.71. The van der Waals surface area contributed by atoms with Crippen molar-refractivity contribution in [2.75, 3.05) is 46.0 Å². The number of hydrogen-bond donors (Lipinski definition) is 1. The molecule has 180 valence electrons. The van der Waals surface area contributed by atoms with Gasteiger partial charge in [-0.1, -0.05) is 31.2 Å². The summed E-state index contributed by atoms with van der Waals surface area (Å²) in [5.74, 6) is -0.823. The van der Waals surface area contributed by atoms with Crippen molar-refractivity contribution in [2.24, 2.45) is 0 Å². The van der Waals surface area contributed by atoms with Crippen molar-refractivity contribution in [1.82, 2.24) is 9.80 Å². The molecule has 2 fully saturated rings. The first-order valence-corrected chi connectivity index (χ1v) is 12.6. The molecule has 2 aliphatic rings. The Morgan fingerprint density at radius 1 is 1.12 bits per heavy atom. The van der Waals surface area contributed by atoms with E-state index >= 15 is 0 Å². The monoisotopic (exact) mass is 576 g/mol. The van der Waals surface area contributed by atoms with Gasteiger partial charge in [0.15, 0.2) is 0 Å². The number of aliphatic hydroxyl groups is 1. The number of Topliss-reactive ketones (excluding diaryl/α,β-unsaturated/α-hetero) is 1. The Morgan fingerprint density at radius 2 is 1.85 bits per heavy atom. The van der Waals surface area contributed by atoms with Crippen LogP contribution in [0.5, 0.6) is 5.75 Å². The summed E-state index contributed by atoms with van der Waals surface area (Å²) in [4.78, 5) is 30.2. The maximum Gasteiger partial charge on any atom is 0.295 e. The van der Waals surface area contributed by atoms with Crippen LogP contribution in [0.1, 0.15) is 30.5 Å². The molecule has 0 spiro atoms. The van der Waals surface area contributed by atoms with Gasteiger partial charge in [0, 0.05) is 35.3 Å². The first-order chi connectivity index (χ1) is 16.5. The van der Waals surface area contributed by atoms with Crippen molar-refractivity contribution in [1.29, 1.82) is 0 Å². The summed E-state index contributed by atoms with van der Waals surface area (Å²) in [6.45, 7) is 6.51. The van der Waals surface area contributed by atoms with Crippen LogP contribution in [-0.2, 0) is 14.3 Å². The highest BCUT2D eigenvalue weighted by Crippen LogP contribution is 2.39. The average Bonchev–Trinajstić information content (AvgIpc) is 3.12. The molecule has 4 rings (SSSR count). The van der Waals surface area contributed by atoms with Crippen LogP contribution >= 0.6 is 22.6 Å². The lowest BCUT2D eigenvalue weighted by molar-refractivity contribution is -0.140. The van der Waals surface area contributed by atoms with Crippen molar-refractivity contribution in [3.63, 3.8) is 0 Å². The van der Waals surface area contributed by atoms with Crippen molar-refractivity contribution in [2.45, 2.75) is 19.4 Å². The standard InChI is InChI=1S/C26H29IN2O5/c1-2-14-34-21-5-3-4-19(17-21)24(30)22-23(18-6-8-20(27)9-7-18)29(26(32)25(22)31)11-10-28-12-15-33-16-13-28/h3-9,17,23,30H,2,10-16H2,1H3. The summed E-state index contributed by atoms with van der Waals surface area (Å²) in [7, 11) is 0. The van der Waals surface area contributed by atoms with Gasteiger partial charge in [0.05, 0.1) is 31.4 Å². The molecule has 34 heavy (non-hydrogen) atoms. The number of benzene rings is 2. The molecule has 2 aliphatic heterocycles. The zero-order valence-electron chi connectivity index (χ0n) is 19.2. The molecule has 1 amide bonds. The molecule has 1 N–H and O–H groups in total. The molecular formula is C26H29IN2O5. The highest BCUT2D eigenvalue weighted by Gasteiger charge is 2.46. The molecule has 0 radical (unpaired) electrons. The lowest BCUT2D eigenvalue weighted by Crippen LogP contribution is -2.42. The minimum atomic E-state index is -0.664. The Morgan fingerprint density at radius 3 is 2.56 bits per heavy atom. The van der Waals surface area contributed by atoms with Crippen molar-refractivity contribution in [3.05, 3.63) is 68.8 Å². The second kappa shape index (κ2) is 11.3. The zero-order valence-corrected chi connectivity index (χ0v) is 21.4. The van der Waals surface area contributed by atoms with Gasteiger partial charge in [-0.3, -0.25) is 14.5 Å². The van der Waals surface area contributed by atoms with E-state index in [4.69, 9.17) is 9.47 Å². The number of nitrogens with zero attached hydrogens (tertiary/aromatic N) is 2. The Kier molecular flexibility index (Phi) is 8.23. The van der Waals surface area contributed by atoms with Crippen LogP contribution in [0.3, 0.4) is 0 Å². The number of likely N-dealkylation sites (tertiary alicyclic amines) is 1. The quantitative estimate of drug-likeness (QED) is 0.223. The van der Waals surface area contributed by atoms with E-state index in [0.29, 0.717) is 44.2 Å². The van der Waals surface area contributed by atoms with Crippen LogP contribution < -0.4 is 4.74 Å². The molecular weight excluding hydrogens is 547 g/mol. The molecule has 0 saturated carbocycles. The maximum atomic E-state index is 13.2. The number of rotatable bonds is 8. The molecule has 2 saturated heterocycles. The number of aliphatic hydroxyl groups excluding tert-OH is 1. The average molecular weight is 576 g/mol. The first-order valence-electron chi connectivity index (χ1n) is 11.6. The molecule has 1 atom stereocenters. The summed E-state index contributed by atoms with van der Waals surface area (Å²) in [6, 6.07) is 14.1. The number of carbonyl (C=O) groups excluding carboxylic acids is 2. The van der Waals surface area contributed by atoms with Gasteiger partial charge >= 0.3 is 0 Å². The van der Waals surface area contributed by atoms with E-state index < -0.39 is 17.7 Å². The van der Waals surface area contributed by atoms with Crippen molar-refractivity contribution < 1.29 is 24.2 Å². The van der Waals surface area contributed by atoms with E-state index in [2.05, 4.69) is 27.5 Å². The highest BCUT2D eigenvalue weighted by molar-refractivity contribution is 14.1. The van der Waals surface area contributed by atoms with Gasteiger partial charge < -0.3 is 19.5 Å². The lowest BCUT2D eigenvalue weighted by atomic mass is 9.95. The Labute approximate surface area is 213 Å². The van der Waals surface area contributed by atoms with Crippen molar-refractivity contribution in [3.8, 4) is 5.75 Å². The number of amides is 1. The number of morpholine rings is 1. The number of ether oxygens (including phenoxy) is 2. The normalized spacial score (nSPS) is 20.6. The SMILES string of the molecule is CCCOc1cccc(C(O)=C2C(=O)C(=O)N(CCN3CCOCC3)C2c2ccc(I)cc2)c1. The molecule has 2 aromatic carbocycles. The topological polar surface area (TPSA) is 79.3 Å². The van der Waals surface area contributed by atoms with Gasteiger partial charge in [0.1, 0.15) is 11.5 Å². The second-order valence-electron chi connectivity index (χ2n) is 8.37. The third-order valence-electron chi connectivity index (χ3n) is 6.07. The van der Waals surface area contributed by atoms with E-state index in [1.54, 1.807) is 23.1 Å². The fourth-order valence-electron chi connectivity index (χ4n) is 4.28. The van der Waals surface area contributed by atoms with Crippen LogP contribution in [0.15, 0.2) is 54.1 Å². The molecule has 0 bridgehead atoms. The van der Waals surface area contributed by atoms with Crippen LogP contribution in [0.4, 0.5) is 0 Å². The van der Waals surface area contributed by atoms with Gasteiger partial charge in [-0.25, -0.2) is 0 Å². The van der Waals surface area contributed by atoms with Crippen LogP contribution in [0.2, 0.25) is 0 Å². The predicted octanol–water partition coefficient (Wildman–Crippen LogP) is 3.83. The summed E-state index contributed by atoms with van der Waals surface area (Å²) in [5, 5.41) is 11.3. The van der Waals surface area contributed by atoms with Crippen LogP contribution in [0, 0.1) is 3.57 Å². The van der Waals surface area contributed by atoms with Gasteiger partial charge in [0.25, 0.3) is 11.7 Å². The maximum absolute atomic E-state index is 13.2. The molecule has 1 unspecified atom stereocenters. The molecule has 7 nitrogen and oxygen atoms in total. The number of carbonyl (C=O) groups is 2. The Hall–Kier alpha value is -2.43. The van der Waals surface area contributed by atoms with Crippen molar-refractivity contribution >= 4 is 40.0 Å². The van der Waals surface area contributed by atoms with Crippen LogP contribution in [0.25, 0.3) is 5.76 Å². The minimum Gasteiger partial charge on any atom is -0.507 e. The van der Waals surface area contributed by atoms with Gasteiger partial charge in [-0.2, -0.15) is 0 Å². The van der Waals surface area contributed by atoms with Crippen LogP contribution in [-0.4, -0.2) is 72.6 Å². The second-order valence-corrected chi connectivity index (χ2v) is 9.62. The largest absolute Gasteiger partial charge is 0.507 e. The molecule has 2 aromatic rings. The summed E-state index contributed by atoms with van der Waals surface area (Å²) in [6.07, 6.45) is 0.858. The van der Waals surface area contributed by atoms with Gasteiger partial charge in [0.2, 0.25) is 0 Å². The summed E-state index contributed by atoms with van der Waals surface area (Å²) >= 11 is 2.22. The predicted molar refractivity (Wildman–Crippen MR) is 138 cm³/mol. The van der Waals surface area contributed by atoms with E-state index in [1.165, 1.54) is 0 Å². The number of ketones is 1. The Bertz CT molecular complexity index is 1060. The molecule has 8 heteroatoms. The molecule has 2 heterocycles. The van der Waals surface area contributed by atoms with Gasteiger partial charge in [-0.15, -0.1) is 0 Å². The third kappa shape index (κ3) is 5.45. The summed E-state index contributed by atoms with van der Waals surface area (Å²) < 4.78 is 12.2. The van der Waals surface area contributed by atoms with E-state index in [-0.39, 0.29) is 11.3 Å². The smallest absolute Gasteiger partial charge is 0.295 e. The fraction of sp³-hybridized carbons (Fsp3) is 0.385. The van der Waals surface area contributed by atoms with E-state index in [9.17, 15) is 14.7 Å². The molecule has 0 aromatic heterocycles. The lowest BCUT2D eigenvalue weighted by Gasteiger charge is -2.31. The first kappa shape index (κ1) is 24.7. The van der Waals surface area contributed by atoms with E-state index in [0.717, 1.165) is 28.6 Å². The van der Waals surface area contributed by atoms with Gasteiger partial charge in [-0.05, 0) is 58.8 Å². The third-order valence-corrected chi connectivity index (χ3v) is 6.79. The number of hydrogen-bond acceptors (Lipinski definition) is 6. The zero-order chi connectivity index (χ0) is 24.1. The summed E-state index contributed by atoms with van der Waals surface area (Å²) in [5.41, 5.74) is 1.36. The number of halogens is 1. The van der Waals surface area contributed by atoms with E-state index in [1.807, 2.05) is 37.3 Å². The molecule has 0 aliphatic carbocycles.